The molecule has 0 saturated carbocycles. The highest BCUT2D eigenvalue weighted by atomic mass is 35.5. The number of hydrogen-bond donors (Lipinski definition) is 1. The molecule has 5 heteroatoms. The van der Waals surface area contributed by atoms with Gasteiger partial charge in [-0.1, -0.05) is 53.6 Å². The summed E-state index contributed by atoms with van der Waals surface area (Å²) in [5, 5.41) is 3.79. The number of rotatable bonds is 6. The molecule has 1 unspecified atom stereocenters. The van der Waals surface area contributed by atoms with E-state index >= 15 is 0 Å². The summed E-state index contributed by atoms with van der Waals surface area (Å²) in [6.07, 6.45) is 0.303. The van der Waals surface area contributed by atoms with E-state index in [0.29, 0.717) is 18.0 Å². The molecule has 0 spiro atoms. The van der Waals surface area contributed by atoms with Crippen LogP contribution in [0.2, 0.25) is 5.02 Å². The molecule has 1 atom stereocenters. The number of amides is 1. The molecule has 4 aromatic rings. The summed E-state index contributed by atoms with van der Waals surface area (Å²) in [5.41, 5.74) is 8.03. The number of para-hydroxylation sites is 2. The standard InChI is InChI=1S/C27H28ClN3O/c1-17-13-18(2)23(19(3)14-17)16-31-25-8-6-5-7-24(25)30-27(31)20(4)29-26(32)15-21-9-11-22(28)12-10-21/h5-14,20H,15-16H2,1-4H3,(H,29,32). The van der Waals surface area contributed by atoms with Crippen LogP contribution in [0.15, 0.2) is 60.7 Å². The number of fused-ring (bicyclic) bond motifs is 1. The number of aryl methyl sites for hydroxylation is 3. The lowest BCUT2D eigenvalue weighted by molar-refractivity contribution is -0.121. The Kier molecular flexibility index (Phi) is 6.33. The summed E-state index contributed by atoms with van der Waals surface area (Å²) in [6, 6.07) is 19.7. The Morgan fingerprint density at radius 3 is 2.38 bits per heavy atom. The molecular weight excluding hydrogens is 418 g/mol. The van der Waals surface area contributed by atoms with Gasteiger partial charge < -0.3 is 9.88 Å². The Labute approximate surface area is 194 Å². The van der Waals surface area contributed by atoms with Crippen LogP contribution in [0.5, 0.6) is 0 Å². The lowest BCUT2D eigenvalue weighted by atomic mass is 9.99. The van der Waals surface area contributed by atoms with Crippen LogP contribution in [0.3, 0.4) is 0 Å². The fraction of sp³-hybridized carbons (Fsp3) is 0.259. The normalized spacial score (nSPS) is 12.2. The first-order valence-corrected chi connectivity index (χ1v) is 11.3. The minimum Gasteiger partial charge on any atom is -0.346 e. The average molecular weight is 446 g/mol. The third-order valence-electron chi connectivity index (χ3n) is 5.88. The maximum absolute atomic E-state index is 12.7. The van der Waals surface area contributed by atoms with Crippen molar-refractivity contribution >= 4 is 28.5 Å². The van der Waals surface area contributed by atoms with E-state index in [1.54, 1.807) is 12.1 Å². The van der Waals surface area contributed by atoms with Crippen LogP contribution >= 0.6 is 11.6 Å². The highest BCUT2D eigenvalue weighted by Gasteiger charge is 2.20. The van der Waals surface area contributed by atoms with Gasteiger partial charge in [-0.25, -0.2) is 4.98 Å². The first kappa shape index (κ1) is 22.1. The highest BCUT2D eigenvalue weighted by molar-refractivity contribution is 6.30. The molecule has 0 aliphatic rings. The molecule has 1 aromatic heterocycles. The number of imidazole rings is 1. The molecule has 0 aliphatic heterocycles. The van der Waals surface area contributed by atoms with Gasteiger partial charge in [-0.15, -0.1) is 0 Å². The fourth-order valence-electron chi connectivity index (χ4n) is 4.35. The molecule has 0 bridgehead atoms. The van der Waals surface area contributed by atoms with Gasteiger partial charge in [-0.05, 0) is 74.2 Å². The van der Waals surface area contributed by atoms with E-state index in [1.807, 2.05) is 37.3 Å². The molecule has 4 rings (SSSR count). The number of carbonyl (C=O) groups excluding carboxylic acids is 1. The predicted octanol–water partition coefficient (Wildman–Crippen LogP) is 6.08. The van der Waals surface area contributed by atoms with Crippen LogP contribution in [0, 0.1) is 20.8 Å². The van der Waals surface area contributed by atoms with Crippen molar-refractivity contribution in [2.45, 2.75) is 46.7 Å². The second-order valence-electron chi connectivity index (χ2n) is 8.51. The quantitative estimate of drug-likeness (QED) is 0.390. The van der Waals surface area contributed by atoms with Crippen molar-refractivity contribution in [3.63, 3.8) is 0 Å². The average Bonchev–Trinajstić information content (AvgIpc) is 3.11. The molecule has 0 fully saturated rings. The van der Waals surface area contributed by atoms with Gasteiger partial charge >= 0.3 is 0 Å². The Bertz CT molecular complexity index is 1250. The van der Waals surface area contributed by atoms with Crippen LogP contribution in [-0.4, -0.2) is 15.5 Å². The van der Waals surface area contributed by atoms with Gasteiger partial charge in [0.1, 0.15) is 5.82 Å². The van der Waals surface area contributed by atoms with Crippen molar-refractivity contribution in [1.82, 2.24) is 14.9 Å². The van der Waals surface area contributed by atoms with Gasteiger partial charge in [0, 0.05) is 11.6 Å². The minimum atomic E-state index is -0.228. The third-order valence-corrected chi connectivity index (χ3v) is 6.14. The van der Waals surface area contributed by atoms with Gasteiger partial charge in [0.05, 0.1) is 23.5 Å². The molecule has 0 radical (unpaired) electrons. The van der Waals surface area contributed by atoms with Crippen molar-refractivity contribution < 1.29 is 4.79 Å². The Morgan fingerprint density at radius 1 is 1.03 bits per heavy atom. The number of nitrogens with one attached hydrogen (secondary N) is 1. The molecule has 1 heterocycles. The van der Waals surface area contributed by atoms with Crippen LogP contribution in [-0.2, 0) is 17.8 Å². The highest BCUT2D eigenvalue weighted by Crippen LogP contribution is 2.25. The molecule has 1 amide bonds. The van der Waals surface area contributed by atoms with E-state index < -0.39 is 0 Å². The zero-order chi connectivity index (χ0) is 22.8. The Hall–Kier alpha value is -3.11. The van der Waals surface area contributed by atoms with Gasteiger partial charge in [0.15, 0.2) is 0 Å². The number of aromatic nitrogens is 2. The summed E-state index contributed by atoms with van der Waals surface area (Å²) < 4.78 is 2.23. The van der Waals surface area contributed by atoms with E-state index in [0.717, 1.165) is 22.4 Å². The number of halogens is 1. The molecule has 4 nitrogen and oxygen atoms in total. The first-order valence-electron chi connectivity index (χ1n) is 10.9. The van der Waals surface area contributed by atoms with Crippen molar-refractivity contribution in [2.75, 3.05) is 0 Å². The molecule has 1 N–H and O–H groups in total. The monoisotopic (exact) mass is 445 g/mol. The second-order valence-corrected chi connectivity index (χ2v) is 8.95. The lowest BCUT2D eigenvalue weighted by Crippen LogP contribution is -2.30. The van der Waals surface area contributed by atoms with Crippen LogP contribution in [0.4, 0.5) is 0 Å². The third kappa shape index (κ3) is 4.71. The number of nitrogens with zero attached hydrogens (tertiary/aromatic N) is 2. The summed E-state index contributed by atoms with van der Waals surface area (Å²) in [7, 11) is 0. The van der Waals surface area contributed by atoms with E-state index in [4.69, 9.17) is 16.6 Å². The Morgan fingerprint density at radius 2 is 1.69 bits per heavy atom. The number of hydrogen-bond acceptors (Lipinski definition) is 2. The molecule has 0 aliphatic carbocycles. The topological polar surface area (TPSA) is 46.9 Å². The van der Waals surface area contributed by atoms with Crippen molar-refractivity contribution in [1.29, 1.82) is 0 Å². The second kappa shape index (κ2) is 9.17. The summed E-state index contributed by atoms with van der Waals surface area (Å²) in [5.74, 6) is 0.816. The van der Waals surface area contributed by atoms with E-state index in [9.17, 15) is 4.79 Å². The van der Waals surface area contributed by atoms with Crippen LogP contribution in [0.25, 0.3) is 11.0 Å². The summed E-state index contributed by atoms with van der Waals surface area (Å²) >= 11 is 5.95. The zero-order valence-corrected chi connectivity index (χ0v) is 19.7. The molecular formula is C27H28ClN3O. The number of benzene rings is 3. The Balaban J connectivity index is 1.63. The van der Waals surface area contributed by atoms with Crippen molar-refractivity contribution in [2.24, 2.45) is 0 Å². The SMILES string of the molecule is Cc1cc(C)c(Cn2c(C(C)NC(=O)Cc3ccc(Cl)cc3)nc3ccccc32)c(C)c1. The van der Waals surface area contributed by atoms with Gasteiger partial charge in [-0.3, -0.25) is 4.79 Å². The van der Waals surface area contributed by atoms with Gasteiger partial charge in [0.25, 0.3) is 0 Å². The zero-order valence-electron chi connectivity index (χ0n) is 18.9. The first-order chi connectivity index (χ1) is 15.3. The van der Waals surface area contributed by atoms with Crippen molar-refractivity contribution in [3.8, 4) is 0 Å². The van der Waals surface area contributed by atoms with Crippen molar-refractivity contribution in [3.05, 3.63) is 99.3 Å². The van der Waals surface area contributed by atoms with Gasteiger partial charge in [0.2, 0.25) is 5.91 Å². The lowest BCUT2D eigenvalue weighted by Gasteiger charge is -2.19. The largest absolute Gasteiger partial charge is 0.346 e. The van der Waals surface area contributed by atoms with E-state index in [1.165, 1.54) is 22.3 Å². The smallest absolute Gasteiger partial charge is 0.224 e. The van der Waals surface area contributed by atoms with Crippen LogP contribution < -0.4 is 5.32 Å². The predicted molar refractivity (Wildman–Crippen MR) is 131 cm³/mol. The number of carbonyl (C=O) groups is 1. The van der Waals surface area contributed by atoms with E-state index in [2.05, 4.69) is 48.9 Å². The van der Waals surface area contributed by atoms with E-state index in [-0.39, 0.29) is 11.9 Å². The maximum atomic E-state index is 12.7. The maximum Gasteiger partial charge on any atom is 0.224 e. The molecule has 164 valence electrons. The summed E-state index contributed by atoms with van der Waals surface area (Å²) in [6.45, 7) is 9.15. The van der Waals surface area contributed by atoms with Gasteiger partial charge in [-0.2, -0.15) is 0 Å². The van der Waals surface area contributed by atoms with Crippen LogP contribution in [0.1, 0.15) is 46.6 Å². The molecule has 3 aromatic carbocycles. The molecule has 32 heavy (non-hydrogen) atoms. The minimum absolute atomic E-state index is 0.0406. The fourth-order valence-corrected chi connectivity index (χ4v) is 4.48. The summed E-state index contributed by atoms with van der Waals surface area (Å²) in [4.78, 5) is 17.6. The molecule has 0 saturated heterocycles.